The van der Waals surface area contributed by atoms with Crippen LogP contribution in [-0.4, -0.2) is 43.5 Å². The van der Waals surface area contributed by atoms with E-state index in [1.165, 1.54) is 11.3 Å². The summed E-state index contributed by atoms with van der Waals surface area (Å²) in [4.78, 5) is 12.9. The van der Waals surface area contributed by atoms with Crippen molar-refractivity contribution in [2.24, 2.45) is 0 Å². The highest BCUT2D eigenvalue weighted by Crippen LogP contribution is 2.29. The minimum Gasteiger partial charge on any atom is -0.370 e. The van der Waals surface area contributed by atoms with Crippen molar-refractivity contribution in [3.63, 3.8) is 0 Å². The summed E-state index contributed by atoms with van der Waals surface area (Å²) in [7, 11) is 0. The first-order valence-electron chi connectivity index (χ1n) is 8.04. The molecule has 3 heterocycles. The fourth-order valence-electron chi connectivity index (χ4n) is 3.16. The Kier molecular flexibility index (Phi) is 4.62. The monoisotopic (exact) mass is 345 g/mol. The molecule has 1 amide bonds. The Balaban J connectivity index is 1.33. The molecule has 2 aliphatic rings. The summed E-state index contributed by atoms with van der Waals surface area (Å²) in [5.74, 6) is -0.0727. The molecule has 2 aromatic rings. The molecule has 0 bridgehead atoms. The number of hydrogen-bond donors (Lipinski definition) is 1. The van der Waals surface area contributed by atoms with Crippen LogP contribution in [0.4, 0.5) is 0 Å². The molecule has 0 saturated carbocycles. The molecule has 24 heavy (non-hydrogen) atoms. The number of nitrogens with one attached hydrogen (secondary N) is 1. The van der Waals surface area contributed by atoms with Crippen LogP contribution in [0.1, 0.15) is 15.2 Å². The molecule has 4 atom stereocenters. The first kappa shape index (κ1) is 15.8. The van der Waals surface area contributed by atoms with E-state index in [0.717, 1.165) is 5.56 Å². The number of ether oxygens (including phenoxy) is 3. The van der Waals surface area contributed by atoms with Gasteiger partial charge in [0.1, 0.15) is 18.3 Å². The van der Waals surface area contributed by atoms with Crippen LogP contribution in [-0.2, 0) is 20.8 Å². The Morgan fingerprint density at radius 3 is 2.75 bits per heavy atom. The van der Waals surface area contributed by atoms with Crippen molar-refractivity contribution in [2.75, 3.05) is 13.2 Å². The van der Waals surface area contributed by atoms with Crippen LogP contribution in [0.15, 0.2) is 47.8 Å². The second kappa shape index (κ2) is 7.03. The second-order valence-electron chi connectivity index (χ2n) is 5.99. The largest absolute Gasteiger partial charge is 0.370 e. The van der Waals surface area contributed by atoms with E-state index in [4.69, 9.17) is 14.2 Å². The average Bonchev–Trinajstić information content (AvgIpc) is 3.33. The number of carbonyl (C=O) groups is 1. The average molecular weight is 345 g/mol. The maximum Gasteiger partial charge on any atom is 0.261 e. The number of thiophene rings is 1. The smallest absolute Gasteiger partial charge is 0.261 e. The lowest BCUT2D eigenvalue weighted by molar-refractivity contribution is -0.0392. The Bertz CT molecular complexity index is 676. The van der Waals surface area contributed by atoms with Gasteiger partial charge in [0.05, 0.1) is 30.7 Å². The Morgan fingerprint density at radius 1 is 1.12 bits per heavy atom. The van der Waals surface area contributed by atoms with E-state index in [0.29, 0.717) is 24.7 Å². The third-order valence-electron chi connectivity index (χ3n) is 4.38. The molecular weight excluding hydrogens is 326 g/mol. The molecular formula is C18H19NO4S. The zero-order chi connectivity index (χ0) is 16.4. The quantitative estimate of drug-likeness (QED) is 0.903. The van der Waals surface area contributed by atoms with Gasteiger partial charge in [-0.25, -0.2) is 0 Å². The van der Waals surface area contributed by atoms with Crippen molar-refractivity contribution in [3.8, 4) is 0 Å². The van der Waals surface area contributed by atoms with Gasteiger partial charge >= 0.3 is 0 Å². The second-order valence-corrected chi connectivity index (χ2v) is 6.94. The van der Waals surface area contributed by atoms with E-state index in [2.05, 4.69) is 5.32 Å². The third kappa shape index (κ3) is 3.23. The van der Waals surface area contributed by atoms with Crippen LogP contribution in [0.2, 0.25) is 0 Å². The van der Waals surface area contributed by atoms with Crippen molar-refractivity contribution in [2.45, 2.75) is 31.0 Å². The summed E-state index contributed by atoms with van der Waals surface area (Å²) in [5.41, 5.74) is 1.13. The van der Waals surface area contributed by atoms with Gasteiger partial charge in [0.2, 0.25) is 0 Å². The first-order valence-corrected chi connectivity index (χ1v) is 8.92. The number of carbonyl (C=O) groups excluding carboxylic acids is 1. The van der Waals surface area contributed by atoms with Crippen LogP contribution >= 0.6 is 11.3 Å². The van der Waals surface area contributed by atoms with E-state index in [9.17, 15) is 4.79 Å². The van der Waals surface area contributed by atoms with Crippen LogP contribution in [0.5, 0.6) is 0 Å². The minimum atomic E-state index is -0.144. The lowest BCUT2D eigenvalue weighted by Crippen LogP contribution is -2.44. The van der Waals surface area contributed by atoms with Crippen molar-refractivity contribution >= 4 is 17.2 Å². The predicted octanol–water partition coefficient (Wildman–Crippen LogP) is 2.23. The summed E-state index contributed by atoms with van der Waals surface area (Å²) in [6.07, 6.45) is -0.365. The molecule has 0 spiro atoms. The highest BCUT2D eigenvalue weighted by atomic mass is 32.1. The zero-order valence-electron chi connectivity index (χ0n) is 13.1. The highest BCUT2D eigenvalue weighted by Gasteiger charge is 2.48. The van der Waals surface area contributed by atoms with E-state index < -0.39 is 0 Å². The fraction of sp³-hybridized carbons (Fsp3) is 0.389. The Hall–Kier alpha value is -1.73. The lowest BCUT2D eigenvalue weighted by atomic mass is 10.1. The molecule has 2 fully saturated rings. The molecule has 126 valence electrons. The molecule has 4 rings (SSSR count). The van der Waals surface area contributed by atoms with Gasteiger partial charge in [-0.1, -0.05) is 36.4 Å². The number of fused-ring (bicyclic) bond motifs is 1. The van der Waals surface area contributed by atoms with Gasteiger partial charge in [-0.3, -0.25) is 4.79 Å². The van der Waals surface area contributed by atoms with Crippen LogP contribution < -0.4 is 5.32 Å². The number of amides is 1. The van der Waals surface area contributed by atoms with Gasteiger partial charge in [-0.05, 0) is 17.0 Å². The Morgan fingerprint density at radius 2 is 1.96 bits per heavy atom. The molecule has 0 aliphatic carbocycles. The van der Waals surface area contributed by atoms with Crippen molar-refractivity contribution in [1.29, 1.82) is 0 Å². The minimum absolute atomic E-state index is 0.0727. The van der Waals surface area contributed by atoms with Gasteiger partial charge in [0.25, 0.3) is 5.91 Å². The topological polar surface area (TPSA) is 56.8 Å². The normalized spacial score (nSPS) is 28.7. The number of rotatable bonds is 5. The predicted molar refractivity (Wildman–Crippen MR) is 90.1 cm³/mol. The van der Waals surface area contributed by atoms with Gasteiger partial charge < -0.3 is 19.5 Å². The maximum absolute atomic E-state index is 12.2. The molecule has 5 nitrogen and oxygen atoms in total. The van der Waals surface area contributed by atoms with Gasteiger partial charge in [0, 0.05) is 0 Å². The third-order valence-corrected chi connectivity index (χ3v) is 5.24. The summed E-state index contributed by atoms with van der Waals surface area (Å²) in [6, 6.07) is 13.6. The van der Waals surface area contributed by atoms with E-state index in [1.54, 1.807) is 0 Å². The number of benzene rings is 1. The summed E-state index contributed by atoms with van der Waals surface area (Å²) in [5, 5.41) is 4.90. The van der Waals surface area contributed by atoms with Crippen LogP contribution in [0, 0.1) is 0 Å². The highest BCUT2D eigenvalue weighted by molar-refractivity contribution is 7.12. The summed E-state index contributed by atoms with van der Waals surface area (Å²) >= 11 is 1.43. The molecule has 1 aromatic heterocycles. The van der Waals surface area contributed by atoms with Crippen molar-refractivity contribution < 1.29 is 19.0 Å². The lowest BCUT2D eigenvalue weighted by Gasteiger charge is -2.17. The molecule has 1 aromatic carbocycles. The van der Waals surface area contributed by atoms with E-state index >= 15 is 0 Å². The SMILES string of the molecule is O=C(N[C@H]1CO[C@H]2[C@H]1OC[C@@H]2OCc1ccccc1)c1cccs1. The first-order chi connectivity index (χ1) is 11.8. The van der Waals surface area contributed by atoms with E-state index in [-0.39, 0.29) is 30.3 Å². The molecule has 6 heteroatoms. The molecule has 2 aliphatic heterocycles. The summed E-state index contributed by atoms with van der Waals surface area (Å²) < 4.78 is 17.7. The molecule has 0 unspecified atom stereocenters. The van der Waals surface area contributed by atoms with Crippen molar-refractivity contribution in [1.82, 2.24) is 5.32 Å². The van der Waals surface area contributed by atoms with Crippen molar-refractivity contribution in [3.05, 3.63) is 58.3 Å². The van der Waals surface area contributed by atoms with Gasteiger partial charge in [0.15, 0.2) is 0 Å². The van der Waals surface area contributed by atoms with Gasteiger partial charge in [-0.15, -0.1) is 11.3 Å². The zero-order valence-corrected chi connectivity index (χ0v) is 13.9. The standard InChI is InChI=1S/C18H19NO4S/c20-18(15-7-4-8-24-15)19-13-10-22-17-14(11-23-16(13)17)21-9-12-5-2-1-3-6-12/h1-8,13-14,16-17H,9-11H2,(H,19,20)/t13-,14-,16-,17+/m0/s1. The van der Waals surface area contributed by atoms with Gasteiger partial charge in [-0.2, -0.15) is 0 Å². The molecule has 0 radical (unpaired) electrons. The summed E-state index contributed by atoms with van der Waals surface area (Å²) in [6.45, 7) is 1.48. The maximum atomic E-state index is 12.2. The Labute approximate surface area is 144 Å². The fourth-order valence-corrected chi connectivity index (χ4v) is 3.78. The molecule has 2 saturated heterocycles. The molecule has 1 N–H and O–H groups in total. The van der Waals surface area contributed by atoms with Crippen LogP contribution in [0.25, 0.3) is 0 Å². The van der Waals surface area contributed by atoms with E-state index in [1.807, 2.05) is 47.8 Å². The number of hydrogen-bond acceptors (Lipinski definition) is 5. The van der Waals surface area contributed by atoms with Crippen LogP contribution in [0.3, 0.4) is 0 Å².